The number of nitrogens with one attached hydrogen (secondary N) is 3. The van der Waals surface area contributed by atoms with Crippen LogP contribution in [0, 0.1) is 6.92 Å². The fraction of sp³-hybridized carbons (Fsp3) is 0.571. The van der Waals surface area contributed by atoms with E-state index in [-0.39, 0.29) is 17.1 Å². The maximum absolute atomic E-state index is 11.9. The van der Waals surface area contributed by atoms with Crippen LogP contribution in [-0.2, 0) is 11.8 Å². The Morgan fingerprint density at radius 1 is 1.33 bits per heavy atom. The van der Waals surface area contributed by atoms with Gasteiger partial charge in [0.2, 0.25) is 5.82 Å². The minimum Gasteiger partial charge on any atom is -0.349 e. The maximum atomic E-state index is 11.9. The number of aryl methyl sites for hydroxylation is 2. The number of carbonyl (C=O) groups is 1. The van der Waals surface area contributed by atoms with Crippen LogP contribution in [0.5, 0.6) is 0 Å². The second-order valence-corrected chi connectivity index (χ2v) is 6.14. The van der Waals surface area contributed by atoms with Crippen LogP contribution in [0.1, 0.15) is 54.9 Å². The van der Waals surface area contributed by atoms with Gasteiger partial charge >= 0.3 is 0 Å². The third kappa shape index (κ3) is 3.90. The van der Waals surface area contributed by atoms with Crippen LogP contribution in [0.2, 0.25) is 0 Å². The number of carbonyl (C=O) groups excluding carboxylic acids is 1. The minimum absolute atomic E-state index is 0.148. The number of hydrogen-bond acceptors (Lipinski definition) is 4. The van der Waals surface area contributed by atoms with Crippen molar-refractivity contribution in [3.63, 3.8) is 0 Å². The Balaban J connectivity index is 1.80. The molecule has 0 aromatic carbocycles. The molecule has 3 N–H and O–H groups in total. The third-order valence-electron chi connectivity index (χ3n) is 3.24. The quantitative estimate of drug-likeness (QED) is 0.726. The number of nitrogens with zero attached hydrogens (tertiary/aromatic N) is 3. The van der Waals surface area contributed by atoms with Crippen LogP contribution in [0.15, 0.2) is 6.20 Å². The van der Waals surface area contributed by atoms with E-state index in [4.69, 9.17) is 0 Å². The van der Waals surface area contributed by atoms with Gasteiger partial charge in [-0.25, -0.2) is 4.98 Å². The second kappa shape index (κ2) is 6.07. The summed E-state index contributed by atoms with van der Waals surface area (Å²) in [6.45, 7) is 8.62. The molecule has 0 radical (unpaired) electrons. The van der Waals surface area contributed by atoms with Crippen LogP contribution >= 0.6 is 0 Å². The molecule has 0 aliphatic carbocycles. The lowest BCUT2D eigenvalue weighted by atomic mass is 9.96. The number of rotatable bonds is 5. The first-order valence-corrected chi connectivity index (χ1v) is 7.08. The highest BCUT2D eigenvalue weighted by Crippen LogP contribution is 2.17. The summed E-state index contributed by atoms with van der Waals surface area (Å²) in [5, 5.41) is 16.5. The average molecular weight is 290 g/mol. The molecule has 114 valence electrons. The average Bonchev–Trinajstić information content (AvgIpc) is 3.03. The SMILES string of the molecule is Cc1[nH]ncc1CCCNC(=O)c1n[nH]c(C(C)(C)C)n1. The summed E-state index contributed by atoms with van der Waals surface area (Å²) in [6, 6.07) is 0. The number of amides is 1. The van der Waals surface area contributed by atoms with Gasteiger partial charge in [-0.1, -0.05) is 20.8 Å². The molecule has 2 heterocycles. The van der Waals surface area contributed by atoms with Crippen molar-refractivity contribution in [1.29, 1.82) is 0 Å². The van der Waals surface area contributed by atoms with Crippen LogP contribution in [-0.4, -0.2) is 37.8 Å². The molecule has 0 fully saturated rings. The predicted molar refractivity (Wildman–Crippen MR) is 79.1 cm³/mol. The molecule has 0 saturated carbocycles. The summed E-state index contributed by atoms with van der Waals surface area (Å²) in [6.07, 6.45) is 3.55. The maximum Gasteiger partial charge on any atom is 0.290 e. The highest BCUT2D eigenvalue weighted by molar-refractivity contribution is 5.90. The van der Waals surface area contributed by atoms with Gasteiger partial charge in [0.1, 0.15) is 5.82 Å². The van der Waals surface area contributed by atoms with E-state index in [1.54, 1.807) is 0 Å². The van der Waals surface area contributed by atoms with Gasteiger partial charge in [-0.3, -0.25) is 15.0 Å². The first-order valence-electron chi connectivity index (χ1n) is 7.08. The van der Waals surface area contributed by atoms with Crippen molar-refractivity contribution >= 4 is 5.91 Å². The largest absolute Gasteiger partial charge is 0.349 e. The molecule has 0 saturated heterocycles. The first-order chi connectivity index (χ1) is 9.88. The summed E-state index contributed by atoms with van der Waals surface area (Å²) >= 11 is 0. The van der Waals surface area contributed by atoms with Crippen LogP contribution in [0.25, 0.3) is 0 Å². The number of hydrogen-bond donors (Lipinski definition) is 3. The minimum atomic E-state index is -0.245. The molecule has 7 heteroatoms. The lowest BCUT2D eigenvalue weighted by Gasteiger charge is -2.12. The predicted octanol–water partition coefficient (Wildman–Crippen LogP) is 1.50. The summed E-state index contributed by atoms with van der Waals surface area (Å²) in [5.74, 6) is 0.659. The Labute approximate surface area is 123 Å². The molecule has 2 rings (SSSR count). The summed E-state index contributed by atoms with van der Waals surface area (Å²) in [5.41, 5.74) is 2.10. The van der Waals surface area contributed by atoms with Crippen molar-refractivity contribution < 1.29 is 4.79 Å². The lowest BCUT2D eigenvalue weighted by molar-refractivity contribution is 0.0943. The number of aromatic nitrogens is 5. The highest BCUT2D eigenvalue weighted by atomic mass is 16.2. The monoisotopic (exact) mass is 290 g/mol. The van der Waals surface area contributed by atoms with E-state index in [0.717, 1.165) is 18.5 Å². The molecule has 21 heavy (non-hydrogen) atoms. The standard InChI is InChI=1S/C14H22N6O/c1-9-10(8-16-18-9)6-5-7-15-12(21)11-17-13(20-19-11)14(2,3)4/h8H,5-7H2,1-4H3,(H,15,21)(H,16,18)(H,17,19,20). The molecular formula is C14H22N6O. The van der Waals surface area contributed by atoms with E-state index in [1.807, 2.05) is 33.9 Å². The van der Waals surface area contributed by atoms with E-state index >= 15 is 0 Å². The van der Waals surface area contributed by atoms with Gasteiger partial charge in [0.05, 0.1) is 6.20 Å². The number of aromatic amines is 2. The zero-order valence-corrected chi connectivity index (χ0v) is 12.9. The van der Waals surface area contributed by atoms with Gasteiger partial charge in [0.25, 0.3) is 5.91 Å². The van der Waals surface area contributed by atoms with Gasteiger partial charge in [0.15, 0.2) is 0 Å². The van der Waals surface area contributed by atoms with Gasteiger partial charge in [-0.2, -0.15) is 5.10 Å². The zero-order valence-electron chi connectivity index (χ0n) is 12.9. The lowest BCUT2D eigenvalue weighted by Crippen LogP contribution is -2.26. The van der Waals surface area contributed by atoms with Crippen molar-refractivity contribution in [3.05, 3.63) is 29.1 Å². The molecule has 2 aromatic heterocycles. The molecule has 0 spiro atoms. The summed E-state index contributed by atoms with van der Waals surface area (Å²) in [7, 11) is 0. The molecule has 0 aliphatic rings. The molecule has 0 bridgehead atoms. The second-order valence-electron chi connectivity index (χ2n) is 6.14. The Morgan fingerprint density at radius 3 is 2.67 bits per heavy atom. The van der Waals surface area contributed by atoms with Crippen molar-refractivity contribution in [1.82, 2.24) is 30.7 Å². The fourth-order valence-electron chi connectivity index (χ4n) is 1.89. The van der Waals surface area contributed by atoms with Crippen molar-refractivity contribution in [2.24, 2.45) is 0 Å². The first kappa shape index (κ1) is 15.2. The molecular weight excluding hydrogens is 268 g/mol. The van der Waals surface area contributed by atoms with Crippen LogP contribution in [0.4, 0.5) is 0 Å². The Bertz CT molecular complexity index is 607. The molecule has 2 aromatic rings. The molecule has 7 nitrogen and oxygen atoms in total. The summed E-state index contributed by atoms with van der Waals surface area (Å²) < 4.78 is 0. The van der Waals surface area contributed by atoms with Gasteiger partial charge < -0.3 is 5.32 Å². The Morgan fingerprint density at radius 2 is 2.10 bits per heavy atom. The van der Waals surface area contributed by atoms with Crippen molar-refractivity contribution in [2.75, 3.05) is 6.54 Å². The highest BCUT2D eigenvalue weighted by Gasteiger charge is 2.20. The van der Waals surface area contributed by atoms with Crippen LogP contribution < -0.4 is 5.32 Å². The summed E-state index contributed by atoms with van der Waals surface area (Å²) in [4.78, 5) is 16.2. The van der Waals surface area contributed by atoms with E-state index in [0.29, 0.717) is 12.4 Å². The topological polar surface area (TPSA) is 99.4 Å². The number of H-pyrrole nitrogens is 2. The molecule has 0 atom stereocenters. The van der Waals surface area contributed by atoms with Gasteiger partial charge in [0, 0.05) is 17.7 Å². The smallest absolute Gasteiger partial charge is 0.290 e. The van der Waals surface area contributed by atoms with E-state index in [1.165, 1.54) is 5.56 Å². The molecule has 0 unspecified atom stereocenters. The van der Waals surface area contributed by atoms with Gasteiger partial charge in [-0.15, -0.1) is 5.10 Å². The van der Waals surface area contributed by atoms with Gasteiger partial charge in [-0.05, 0) is 25.3 Å². The van der Waals surface area contributed by atoms with E-state index in [9.17, 15) is 4.79 Å². The Kier molecular flexibility index (Phi) is 4.40. The van der Waals surface area contributed by atoms with E-state index in [2.05, 4.69) is 30.7 Å². The van der Waals surface area contributed by atoms with Crippen LogP contribution in [0.3, 0.4) is 0 Å². The fourth-order valence-corrected chi connectivity index (χ4v) is 1.89. The van der Waals surface area contributed by atoms with E-state index < -0.39 is 0 Å². The molecule has 1 amide bonds. The molecule has 0 aliphatic heterocycles. The normalized spacial score (nSPS) is 11.6. The Hall–Kier alpha value is -2.18. The zero-order chi connectivity index (χ0) is 15.5. The van der Waals surface area contributed by atoms with Crippen molar-refractivity contribution in [2.45, 2.75) is 46.0 Å². The van der Waals surface area contributed by atoms with Crippen molar-refractivity contribution in [3.8, 4) is 0 Å². The third-order valence-corrected chi connectivity index (χ3v) is 3.24.